The predicted octanol–water partition coefficient (Wildman–Crippen LogP) is 4.65. The Kier molecular flexibility index (Phi) is 3.94. The van der Waals surface area contributed by atoms with Gasteiger partial charge in [-0.05, 0) is 51.2 Å². The Labute approximate surface area is 128 Å². The number of hydrogen-bond donors (Lipinski definition) is 0. The lowest BCUT2D eigenvalue weighted by Gasteiger charge is -2.49. The van der Waals surface area contributed by atoms with Crippen LogP contribution in [0.2, 0.25) is 0 Å². The van der Waals surface area contributed by atoms with Gasteiger partial charge in [0, 0.05) is 5.41 Å². The summed E-state index contributed by atoms with van der Waals surface area (Å²) in [4.78, 5) is 12.5. The predicted molar refractivity (Wildman–Crippen MR) is 86.4 cm³/mol. The average molecular weight is 288 g/mol. The van der Waals surface area contributed by atoms with Crippen molar-refractivity contribution in [3.8, 4) is 0 Å². The van der Waals surface area contributed by atoms with Gasteiger partial charge in [-0.3, -0.25) is 4.79 Å². The molecule has 2 nitrogen and oxygen atoms in total. The van der Waals surface area contributed by atoms with Gasteiger partial charge in [-0.1, -0.05) is 45.0 Å². The zero-order valence-electron chi connectivity index (χ0n) is 14.2. The number of rotatable bonds is 3. The van der Waals surface area contributed by atoms with Crippen LogP contribution in [0.3, 0.4) is 0 Å². The van der Waals surface area contributed by atoms with E-state index in [0.29, 0.717) is 0 Å². The third kappa shape index (κ3) is 2.61. The molecule has 116 valence electrons. The monoisotopic (exact) mass is 288 g/mol. The van der Waals surface area contributed by atoms with Crippen LogP contribution in [0, 0.1) is 5.41 Å². The maximum Gasteiger partial charge on any atom is 0.312 e. The molecule has 0 bridgehead atoms. The van der Waals surface area contributed by atoms with Crippen LogP contribution in [0.1, 0.15) is 65.5 Å². The number of fused-ring (bicyclic) bond motifs is 1. The summed E-state index contributed by atoms with van der Waals surface area (Å²) in [6.45, 7) is 12.4. The van der Waals surface area contributed by atoms with E-state index in [9.17, 15) is 4.79 Å². The molecular weight excluding hydrogens is 260 g/mol. The first kappa shape index (κ1) is 16.1. The normalized spacial score (nSPS) is 24.3. The molecule has 1 unspecified atom stereocenters. The number of carbonyl (C=O) groups excluding carboxylic acids is 1. The largest absolute Gasteiger partial charge is 0.458 e. The highest BCUT2D eigenvalue weighted by Gasteiger charge is 2.50. The van der Waals surface area contributed by atoms with E-state index < -0.39 is 11.0 Å². The van der Waals surface area contributed by atoms with Crippen molar-refractivity contribution in [2.75, 3.05) is 0 Å². The van der Waals surface area contributed by atoms with Crippen LogP contribution in [0.25, 0.3) is 0 Å². The highest BCUT2D eigenvalue weighted by Crippen LogP contribution is 2.46. The second-order valence-electron chi connectivity index (χ2n) is 7.64. The number of benzene rings is 1. The van der Waals surface area contributed by atoms with E-state index in [2.05, 4.69) is 45.0 Å². The Bertz CT molecular complexity index is 542. The second-order valence-corrected chi connectivity index (χ2v) is 7.64. The van der Waals surface area contributed by atoms with E-state index in [1.807, 2.05) is 20.8 Å². The van der Waals surface area contributed by atoms with E-state index in [1.165, 1.54) is 11.1 Å². The lowest BCUT2D eigenvalue weighted by atomic mass is 9.63. The summed E-state index contributed by atoms with van der Waals surface area (Å²) in [5, 5.41) is 0. The summed E-state index contributed by atoms with van der Waals surface area (Å²) in [5.74, 6) is -0.0834. The van der Waals surface area contributed by atoms with Crippen molar-refractivity contribution in [3.63, 3.8) is 0 Å². The highest BCUT2D eigenvalue weighted by molar-refractivity contribution is 5.76. The fourth-order valence-corrected chi connectivity index (χ4v) is 2.98. The summed E-state index contributed by atoms with van der Waals surface area (Å²) in [6, 6.07) is 8.52. The van der Waals surface area contributed by atoms with E-state index >= 15 is 0 Å². The number of esters is 1. The molecule has 1 aliphatic carbocycles. The lowest BCUT2D eigenvalue weighted by Crippen LogP contribution is -2.53. The van der Waals surface area contributed by atoms with E-state index in [-0.39, 0.29) is 11.4 Å². The van der Waals surface area contributed by atoms with Gasteiger partial charge in [0.25, 0.3) is 0 Å². The van der Waals surface area contributed by atoms with E-state index in [4.69, 9.17) is 4.74 Å². The van der Waals surface area contributed by atoms with Crippen molar-refractivity contribution >= 4 is 5.97 Å². The minimum absolute atomic E-state index is 0.0834. The van der Waals surface area contributed by atoms with Crippen LogP contribution in [-0.2, 0) is 21.4 Å². The standard InChI is InChI=1S/C19H28O2/c1-7-17(2,3)16(20)21-19(6)13-12-14-10-8-9-11-15(14)18(19,4)5/h8-11H,7,12-13H2,1-6H3. The fraction of sp³-hybridized carbons (Fsp3) is 0.632. The number of ether oxygens (including phenoxy) is 1. The van der Waals surface area contributed by atoms with Crippen molar-refractivity contribution in [2.24, 2.45) is 5.41 Å². The first-order valence-corrected chi connectivity index (χ1v) is 7.96. The van der Waals surface area contributed by atoms with Crippen LogP contribution in [0.15, 0.2) is 24.3 Å². The average Bonchev–Trinajstić information content (AvgIpc) is 2.44. The second kappa shape index (κ2) is 5.15. The molecule has 1 aliphatic rings. The molecule has 0 radical (unpaired) electrons. The van der Waals surface area contributed by atoms with Crippen LogP contribution in [0.5, 0.6) is 0 Å². The minimum atomic E-state index is -0.453. The molecule has 2 heteroatoms. The first-order valence-electron chi connectivity index (χ1n) is 7.96. The van der Waals surface area contributed by atoms with Gasteiger partial charge in [0.15, 0.2) is 0 Å². The van der Waals surface area contributed by atoms with E-state index in [0.717, 1.165) is 19.3 Å². The van der Waals surface area contributed by atoms with Gasteiger partial charge < -0.3 is 4.74 Å². The molecule has 21 heavy (non-hydrogen) atoms. The fourth-order valence-electron chi connectivity index (χ4n) is 2.98. The molecule has 0 saturated carbocycles. The Morgan fingerprint density at radius 1 is 1.24 bits per heavy atom. The summed E-state index contributed by atoms with van der Waals surface area (Å²) in [7, 11) is 0. The van der Waals surface area contributed by atoms with Gasteiger partial charge in [-0.25, -0.2) is 0 Å². The van der Waals surface area contributed by atoms with Crippen LogP contribution in [0.4, 0.5) is 0 Å². The van der Waals surface area contributed by atoms with Crippen molar-refractivity contribution in [1.82, 2.24) is 0 Å². The van der Waals surface area contributed by atoms with Gasteiger partial charge in [0.05, 0.1) is 5.41 Å². The summed E-state index contributed by atoms with van der Waals surface area (Å²) in [5.41, 5.74) is 1.63. The number of aryl methyl sites for hydroxylation is 1. The molecule has 0 heterocycles. The molecule has 2 rings (SSSR count). The number of hydrogen-bond acceptors (Lipinski definition) is 2. The summed E-state index contributed by atoms with van der Waals surface area (Å²) < 4.78 is 6.07. The van der Waals surface area contributed by atoms with Crippen LogP contribution < -0.4 is 0 Å². The molecule has 1 atom stereocenters. The molecule has 0 aromatic heterocycles. The molecule has 0 N–H and O–H groups in total. The first-order chi connectivity index (χ1) is 9.64. The minimum Gasteiger partial charge on any atom is -0.458 e. The van der Waals surface area contributed by atoms with Gasteiger partial charge >= 0.3 is 5.97 Å². The Balaban J connectivity index is 2.34. The van der Waals surface area contributed by atoms with Crippen molar-refractivity contribution < 1.29 is 9.53 Å². The van der Waals surface area contributed by atoms with Crippen LogP contribution >= 0.6 is 0 Å². The topological polar surface area (TPSA) is 26.3 Å². The molecule has 0 spiro atoms. The molecule has 1 aromatic carbocycles. The maximum atomic E-state index is 12.5. The van der Waals surface area contributed by atoms with Crippen molar-refractivity contribution in [1.29, 1.82) is 0 Å². The molecular formula is C19H28O2. The zero-order valence-corrected chi connectivity index (χ0v) is 14.2. The van der Waals surface area contributed by atoms with Crippen molar-refractivity contribution in [2.45, 2.75) is 71.8 Å². The number of carbonyl (C=O) groups is 1. The SMILES string of the molecule is CCC(C)(C)C(=O)OC1(C)CCc2ccccc2C1(C)C. The third-order valence-corrected chi connectivity index (χ3v) is 5.64. The summed E-state index contributed by atoms with van der Waals surface area (Å²) >= 11 is 0. The van der Waals surface area contributed by atoms with Crippen LogP contribution in [-0.4, -0.2) is 11.6 Å². The Hall–Kier alpha value is -1.31. The lowest BCUT2D eigenvalue weighted by molar-refractivity contribution is -0.178. The van der Waals surface area contributed by atoms with Crippen molar-refractivity contribution in [3.05, 3.63) is 35.4 Å². The zero-order chi connectivity index (χ0) is 15.9. The third-order valence-electron chi connectivity index (χ3n) is 5.64. The molecule has 0 saturated heterocycles. The molecule has 0 fully saturated rings. The quantitative estimate of drug-likeness (QED) is 0.757. The highest BCUT2D eigenvalue weighted by atomic mass is 16.6. The van der Waals surface area contributed by atoms with Gasteiger partial charge in [0.2, 0.25) is 0 Å². The smallest absolute Gasteiger partial charge is 0.312 e. The summed E-state index contributed by atoms with van der Waals surface area (Å²) in [6.07, 6.45) is 2.64. The Morgan fingerprint density at radius 3 is 2.48 bits per heavy atom. The molecule has 0 aliphatic heterocycles. The van der Waals surface area contributed by atoms with Gasteiger partial charge in [-0.2, -0.15) is 0 Å². The van der Waals surface area contributed by atoms with Gasteiger partial charge in [-0.15, -0.1) is 0 Å². The van der Waals surface area contributed by atoms with E-state index in [1.54, 1.807) is 0 Å². The maximum absolute atomic E-state index is 12.5. The van der Waals surface area contributed by atoms with Gasteiger partial charge in [0.1, 0.15) is 5.60 Å². The Morgan fingerprint density at radius 2 is 1.86 bits per heavy atom. The molecule has 1 aromatic rings. The molecule has 0 amide bonds.